The molecule has 0 amide bonds. The third-order valence-corrected chi connectivity index (χ3v) is 6.12. The van der Waals surface area contributed by atoms with Gasteiger partial charge in [-0.05, 0) is 50.2 Å². The number of rotatable bonds is 3. The van der Waals surface area contributed by atoms with Crippen molar-refractivity contribution in [1.29, 1.82) is 5.41 Å². The van der Waals surface area contributed by atoms with Crippen LogP contribution in [-0.2, 0) is 10.1 Å². The summed E-state index contributed by atoms with van der Waals surface area (Å²) in [5.41, 5.74) is -1.43. The fourth-order valence-electron chi connectivity index (χ4n) is 3.74. The number of carbonyl (C=O) groups is 1. The van der Waals surface area contributed by atoms with Gasteiger partial charge in [-0.3, -0.25) is 24.3 Å². The van der Waals surface area contributed by atoms with Gasteiger partial charge in [0.2, 0.25) is 0 Å². The van der Waals surface area contributed by atoms with Crippen molar-refractivity contribution in [3.63, 3.8) is 0 Å². The first kappa shape index (κ1) is 21.3. The highest BCUT2D eigenvalue weighted by atomic mass is 32.2. The molecule has 9 nitrogen and oxygen atoms in total. The van der Waals surface area contributed by atoms with Gasteiger partial charge in [0, 0.05) is 32.7 Å². The Hall–Kier alpha value is -3.89. The van der Waals surface area contributed by atoms with Crippen LogP contribution < -0.4 is 21.7 Å². The number of nitrogens with zero attached hydrogens (tertiary/aromatic N) is 1. The second-order valence-corrected chi connectivity index (χ2v) is 8.77. The molecular weight excluding hydrogens is 436 g/mol. The van der Waals surface area contributed by atoms with Crippen LogP contribution in [0, 0.1) is 5.41 Å². The highest BCUT2D eigenvalue weighted by molar-refractivity contribution is 7.85. The van der Waals surface area contributed by atoms with E-state index in [9.17, 15) is 32.5 Å². The number of nitrogens with one attached hydrogen (secondary N) is 1. The lowest BCUT2D eigenvalue weighted by molar-refractivity contribution is 0.101. The Morgan fingerprint density at radius 1 is 1.00 bits per heavy atom. The zero-order valence-electron chi connectivity index (χ0n) is 16.8. The van der Waals surface area contributed by atoms with Gasteiger partial charge in [0.25, 0.3) is 21.2 Å². The lowest BCUT2D eigenvalue weighted by Gasteiger charge is -2.16. The second kappa shape index (κ2) is 7.08. The normalized spacial score (nSPS) is 13.0. The molecule has 0 atom stereocenters. The molecular formula is C22H16N2O7S. The molecule has 0 saturated carbocycles. The minimum Gasteiger partial charge on any atom is -0.512 e. The van der Waals surface area contributed by atoms with Crippen molar-refractivity contribution in [3.05, 3.63) is 79.3 Å². The molecule has 2 aromatic rings. The van der Waals surface area contributed by atoms with E-state index >= 15 is 0 Å². The first-order valence-corrected chi connectivity index (χ1v) is 10.7. The Morgan fingerprint density at radius 2 is 1.66 bits per heavy atom. The number of ketones is 1. The molecule has 0 unspecified atom stereocenters. The summed E-state index contributed by atoms with van der Waals surface area (Å²) in [5.74, 6) is -0.601. The van der Waals surface area contributed by atoms with Crippen molar-refractivity contribution in [2.45, 2.75) is 18.7 Å². The van der Waals surface area contributed by atoms with Gasteiger partial charge in [-0.1, -0.05) is 6.07 Å². The Bertz CT molecular complexity index is 1750. The summed E-state index contributed by atoms with van der Waals surface area (Å²) in [4.78, 5) is 38.3. The van der Waals surface area contributed by atoms with Crippen LogP contribution in [0.1, 0.15) is 24.2 Å². The van der Waals surface area contributed by atoms with Gasteiger partial charge in [-0.15, -0.1) is 0 Å². The number of aliphatic hydroxyl groups is 1. The second-order valence-electron chi connectivity index (χ2n) is 7.35. The molecule has 162 valence electrons. The van der Waals surface area contributed by atoms with Crippen LogP contribution >= 0.6 is 0 Å². The Kier molecular flexibility index (Phi) is 4.72. The van der Waals surface area contributed by atoms with Crippen LogP contribution in [0.4, 0.5) is 0 Å². The average molecular weight is 452 g/mol. The average Bonchev–Trinajstić information content (AvgIpc) is 2.72. The van der Waals surface area contributed by atoms with E-state index in [1.807, 2.05) is 0 Å². The fourth-order valence-corrected chi connectivity index (χ4v) is 4.26. The third kappa shape index (κ3) is 3.17. The maximum Gasteiger partial charge on any atom is 0.294 e. The molecule has 0 radical (unpaired) electrons. The number of benzene rings is 3. The first-order chi connectivity index (χ1) is 14.9. The van der Waals surface area contributed by atoms with Gasteiger partial charge in [0.1, 0.15) is 0 Å². The van der Waals surface area contributed by atoms with Crippen LogP contribution in [0.15, 0.2) is 56.9 Å². The van der Waals surface area contributed by atoms with Crippen LogP contribution in [0.3, 0.4) is 0 Å². The molecule has 0 bridgehead atoms. The highest BCUT2D eigenvalue weighted by Crippen LogP contribution is 2.27. The number of carbonyl (C=O) groups excluding carboxylic acids is 1. The molecule has 0 spiro atoms. The highest BCUT2D eigenvalue weighted by Gasteiger charge is 2.24. The van der Waals surface area contributed by atoms with Crippen LogP contribution in [-0.4, -0.2) is 28.4 Å². The summed E-state index contributed by atoms with van der Waals surface area (Å²) < 4.78 is 33.2. The minimum atomic E-state index is -4.60. The van der Waals surface area contributed by atoms with Crippen molar-refractivity contribution < 1.29 is 22.9 Å². The van der Waals surface area contributed by atoms with E-state index in [1.165, 1.54) is 44.2 Å². The largest absolute Gasteiger partial charge is 0.512 e. The van der Waals surface area contributed by atoms with E-state index in [0.717, 1.165) is 16.7 Å². The summed E-state index contributed by atoms with van der Waals surface area (Å²) >= 11 is 0. The van der Waals surface area contributed by atoms with Gasteiger partial charge in [-0.25, -0.2) is 4.57 Å². The fraction of sp³-hybridized carbons (Fsp3) is 0.0909. The van der Waals surface area contributed by atoms with E-state index in [2.05, 4.69) is 0 Å². The Balaban J connectivity index is 2.31. The molecule has 0 saturated heterocycles. The molecule has 0 aromatic heterocycles. The molecule has 2 aliphatic rings. The van der Waals surface area contributed by atoms with Crippen molar-refractivity contribution in [3.8, 4) is 16.8 Å². The molecule has 2 aromatic carbocycles. The van der Waals surface area contributed by atoms with Crippen molar-refractivity contribution in [1.82, 2.24) is 4.57 Å². The molecule has 0 fully saturated rings. The van der Waals surface area contributed by atoms with Gasteiger partial charge < -0.3 is 5.11 Å². The zero-order valence-corrected chi connectivity index (χ0v) is 17.6. The smallest absolute Gasteiger partial charge is 0.294 e. The van der Waals surface area contributed by atoms with Crippen molar-refractivity contribution in [2.75, 3.05) is 0 Å². The molecule has 1 heterocycles. The van der Waals surface area contributed by atoms with E-state index in [-0.39, 0.29) is 55.3 Å². The van der Waals surface area contributed by atoms with Crippen molar-refractivity contribution in [2.24, 2.45) is 0 Å². The molecule has 3 N–H and O–H groups in total. The summed E-state index contributed by atoms with van der Waals surface area (Å²) in [6.07, 6.45) is 0. The number of Topliss-reactive ketones (excluding diaryl/α,β-unsaturated/α-hetero) is 1. The Morgan fingerprint density at radius 3 is 2.25 bits per heavy atom. The molecule has 32 heavy (non-hydrogen) atoms. The quantitative estimate of drug-likeness (QED) is 0.312. The summed E-state index contributed by atoms with van der Waals surface area (Å²) in [7, 11) is -4.60. The number of hydrogen-bond donors (Lipinski definition) is 3. The van der Waals surface area contributed by atoms with E-state index in [4.69, 9.17) is 5.41 Å². The van der Waals surface area contributed by atoms with E-state index in [1.54, 1.807) is 0 Å². The number of hydrogen-bond acceptors (Lipinski definition) is 7. The number of pyridine rings is 1. The minimum absolute atomic E-state index is 0.00126. The topological polar surface area (TPSA) is 155 Å². The third-order valence-electron chi connectivity index (χ3n) is 5.27. The lowest BCUT2D eigenvalue weighted by Crippen LogP contribution is -2.37. The lowest BCUT2D eigenvalue weighted by atomic mass is 9.91. The molecule has 1 aliphatic carbocycles. The monoisotopic (exact) mass is 452 g/mol. The Labute approximate surface area is 180 Å². The molecule has 10 heteroatoms. The van der Waals surface area contributed by atoms with Crippen LogP contribution in [0.25, 0.3) is 33.3 Å². The summed E-state index contributed by atoms with van der Waals surface area (Å²) in [5, 5.41) is 18.5. The van der Waals surface area contributed by atoms with Gasteiger partial charge >= 0.3 is 0 Å². The van der Waals surface area contributed by atoms with Gasteiger partial charge in [0.15, 0.2) is 5.78 Å². The molecule has 4 rings (SSSR count). The summed E-state index contributed by atoms with van der Waals surface area (Å²) in [6.45, 7) is 2.63. The summed E-state index contributed by atoms with van der Waals surface area (Å²) in [6, 6.07) is 8.67. The SMILES string of the molecule is CC(=O)c1cc2c3c(c1)c(=O)n(-c1cccc(S(=O)(=O)O)c1)c(=O)c-3c/c(=C(\C)O)c2=N. The van der Waals surface area contributed by atoms with Gasteiger partial charge in [-0.2, -0.15) is 8.42 Å². The van der Waals surface area contributed by atoms with Crippen LogP contribution in [0.5, 0.6) is 0 Å². The zero-order chi connectivity index (χ0) is 23.5. The predicted octanol–water partition coefficient (Wildman–Crippen LogP) is 1.23. The number of aliphatic hydroxyl groups excluding tert-OH is 1. The maximum atomic E-state index is 13.4. The molecule has 1 aliphatic heterocycles. The first-order valence-electron chi connectivity index (χ1n) is 9.28. The van der Waals surface area contributed by atoms with E-state index < -0.39 is 26.1 Å². The standard InChI is InChI=1S/C22H16N2O7S/c1-10(25)12-6-16-19-17(7-12)21(27)24(13-4-3-5-14(8-13)32(29,30)31)22(28)18(19)9-15(11(2)26)20(16)23/h3-9,23,26H,1-2H3,(H,29,30,31)/b15-11-,23-20?. The predicted molar refractivity (Wildman–Crippen MR) is 116 cm³/mol. The van der Waals surface area contributed by atoms with Gasteiger partial charge in [0.05, 0.1) is 21.7 Å². The maximum absolute atomic E-state index is 13.4. The number of aromatic nitrogens is 1. The van der Waals surface area contributed by atoms with E-state index in [0.29, 0.717) is 0 Å². The van der Waals surface area contributed by atoms with Crippen molar-refractivity contribution >= 4 is 32.4 Å². The van der Waals surface area contributed by atoms with Crippen LogP contribution in [0.2, 0.25) is 0 Å².